The van der Waals surface area contributed by atoms with Crippen LogP contribution in [0.25, 0.3) is 0 Å². The third-order valence-corrected chi connectivity index (χ3v) is 5.96. The molecule has 0 aliphatic carbocycles. The number of alkyl halides is 6. The predicted molar refractivity (Wildman–Crippen MR) is 131 cm³/mol. The second-order valence-electron chi connectivity index (χ2n) is 9.18. The summed E-state index contributed by atoms with van der Waals surface area (Å²) in [6.07, 6.45) is -7.68. The van der Waals surface area contributed by atoms with Crippen molar-refractivity contribution >= 4 is 23.1 Å². The van der Waals surface area contributed by atoms with Crippen LogP contribution in [-0.4, -0.2) is 85.5 Å². The van der Waals surface area contributed by atoms with Gasteiger partial charge < -0.3 is 24.8 Å². The lowest BCUT2D eigenvalue weighted by Crippen LogP contribution is -2.49. The maximum absolute atomic E-state index is 13.2. The summed E-state index contributed by atoms with van der Waals surface area (Å²) < 4.78 is 84.2. The predicted octanol–water partition coefficient (Wildman–Crippen LogP) is 2.82. The fraction of sp³-hybridized carbons (Fsp3) is 0.565. The van der Waals surface area contributed by atoms with Crippen LogP contribution in [0.2, 0.25) is 0 Å². The first-order valence-corrected chi connectivity index (χ1v) is 11.9. The van der Waals surface area contributed by atoms with Gasteiger partial charge in [-0.1, -0.05) is 0 Å². The summed E-state index contributed by atoms with van der Waals surface area (Å²) in [6, 6.07) is 0.430. The molecule has 1 fully saturated rings. The number of aromatic amines is 1. The van der Waals surface area contributed by atoms with Gasteiger partial charge in [-0.25, -0.2) is 10.1 Å². The standard InChI is InChI=1S/C23H29F6N7O3/c1-14(32-16-12-31-33-21(38)19(16)23(27,28)29)13-39-9-4-18(37)35-5-7-36(8-6-35)20-17(34(2)3)10-15(11-30-20)22(24,25)26/h10-12,14H,4-9,13H2,1-3H3,(H2,32,33,38)/t14-/m0/s1. The normalized spacial score (nSPS) is 15.3. The molecule has 1 saturated heterocycles. The summed E-state index contributed by atoms with van der Waals surface area (Å²) in [5.41, 5.74) is -3.75. The second kappa shape index (κ2) is 12.1. The lowest BCUT2D eigenvalue weighted by molar-refractivity contribution is -0.138. The van der Waals surface area contributed by atoms with Crippen LogP contribution < -0.4 is 20.7 Å². The Balaban J connectivity index is 1.47. The average molecular weight is 566 g/mol. The van der Waals surface area contributed by atoms with Gasteiger partial charge in [0.1, 0.15) is 5.56 Å². The Morgan fingerprint density at radius 1 is 1.13 bits per heavy atom. The Morgan fingerprint density at radius 3 is 2.38 bits per heavy atom. The summed E-state index contributed by atoms with van der Waals surface area (Å²) in [4.78, 5) is 33.2. The Hall–Kier alpha value is -3.56. The van der Waals surface area contributed by atoms with E-state index < -0.39 is 40.8 Å². The van der Waals surface area contributed by atoms with Gasteiger partial charge >= 0.3 is 12.4 Å². The van der Waals surface area contributed by atoms with E-state index in [2.05, 4.69) is 15.4 Å². The SMILES string of the molecule is C[C@@H](COCCC(=O)N1CCN(c2ncc(C(F)(F)F)cc2N(C)C)CC1)Nc1cn[nH]c(=O)c1C(F)(F)F. The van der Waals surface area contributed by atoms with E-state index in [-0.39, 0.29) is 25.5 Å². The number of pyridine rings is 1. The van der Waals surface area contributed by atoms with Gasteiger partial charge in [-0.15, -0.1) is 0 Å². The lowest BCUT2D eigenvalue weighted by atomic mass is 10.2. The molecule has 3 rings (SSSR count). The molecule has 0 spiro atoms. The van der Waals surface area contributed by atoms with Crippen LogP contribution in [-0.2, 0) is 21.9 Å². The molecule has 1 aliphatic rings. The molecule has 10 nitrogen and oxygen atoms in total. The van der Waals surface area contributed by atoms with Crippen LogP contribution in [0, 0.1) is 0 Å². The zero-order chi connectivity index (χ0) is 29.0. The highest BCUT2D eigenvalue weighted by molar-refractivity contribution is 5.77. The number of piperazine rings is 1. The van der Waals surface area contributed by atoms with E-state index in [1.165, 1.54) is 0 Å². The molecule has 0 radical (unpaired) electrons. The van der Waals surface area contributed by atoms with Gasteiger partial charge in [-0.2, -0.15) is 31.4 Å². The molecular formula is C23H29F6N7O3. The smallest absolute Gasteiger partial charge is 0.379 e. The fourth-order valence-electron chi connectivity index (χ4n) is 4.02. The molecule has 2 aromatic heterocycles. The van der Waals surface area contributed by atoms with Crippen molar-refractivity contribution in [3.63, 3.8) is 0 Å². The van der Waals surface area contributed by atoms with Crippen LogP contribution >= 0.6 is 0 Å². The van der Waals surface area contributed by atoms with E-state index in [0.717, 1.165) is 18.5 Å². The molecule has 2 N–H and O–H groups in total. The Morgan fingerprint density at radius 2 is 1.79 bits per heavy atom. The zero-order valence-electron chi connectivity index (χ0n) is 21.5. The molecule has 0 saturated carbocycles. The third kappa shape index (κ3) is 7.74. The second-order valence-corrected chi connectivity index (χ2v) is 9.18. The fourth-order valence-corrected chi connectivity index (χ4v) is 4.02. The largest absolute Gasteiger partial charge is 0.423 e. The molecule has 0 unspecified atom stereocenters. The van der Waals surface area contributed by atoms with Crippen LogP contribution in [0.4, 0.5) is 43.5 Å². The van der Waals surface area contributed by atoms with Gasteiger partial charge in [-0.3, -0.25) is 9.59 Å². The van der Waals surface area contributed by atoms with Crippen molar-refractivity contribution in [2.75, 3.05) is 68.6 Å². The van der Waals surface area contributed by atoms with Crippen molar-refractivity contribution < 1.29 is 35.9 Å². The molecule has 39 heavy (non-hydrogen) atoms. The highest BCUT2D eigenvalue weighted by Gasteiger charge is 2.37. The number of rotatable bonds is 9. The Kier molecular flexibility index (Phi) is 9.30. The summed E-state index contributed by atoms with van der Waals surface area (Å²) in [5, 5.41) is 7.70. The first-order valence-electron chi connectivity index (χ1n) is 11.9. The quantitative estimate of drug-likeness (QED) is 0.353. The first kappa shape index (κ1) is 30.0. The van der Waals surface area contributed by atoms with Crippen molar-refractivity contribution in [1.29, 1.82) is 0 Å². The van der Waals surface area contributed by atoms with E-state index in [1.807, 2.05) is 4.90 Å². The van der Waals surface area contributed by atoms with Crippen LogP contribution in [0.5, 0.6) is 0 Å². The molecule has 1 amide bonds. The van der Waals surface area contributed by atoms with E-state index in [9.17, 15) is 35.9 Å². The topological polar surface area (TPSA) is 107 Å². The van der Waals surface area contributed by atoms with Gasteiger partial charge in [0, 0.05) is 52.5 Å². The number of H-pyrrole nitrogens is 1. The maximum atomic E-state index is 13.2. The minimum absolute atomic E-state index is 0.0239. The number of carbonyl (C=O) groups excluding carboxylic acids is 1. The van der Waals surface area contributed by atoms with Crippen LogP contribution in [0.3, 0.4) is 0 Å². The molecule has 0 bridgehead atoms. The van der Waals surface area contributed by atoms with Crippen molar-refractivity contribution in [2.24, 2.45) is 0 Å². The number of anilines is 3. The molecule has 1 aliphatic heterocycles. The van der Waals surface area contributed by atoms with Crippen LogP contribution in [0.15, 0.2) is 23.3 Å². The molecule has 216 valence electrons. The first-order chi connectivity index (χ1) is 18.2. The van der Waals surface area contributed by atoms with Crippen molar-refractivity contribution in [3.8, 4) is 0 Å². The molecule has 1 atom stereocenters. The minimum Gasteiger partial charge on any atom is -0.379 e. The summed E-state index contributed by atoms with van der Waals surface area (Å²) in [6.45, 7) is 2.97. The minimum atomic E-state index is -4.87. The van der Waals surface area contributed by atoms with E-state index in [4.69, 9.17) is 4.74 Å². The average Bonchev–Trinajstić information content (AvgIpc) is 2.85. The monoisotopic (exact) mass is 565 g/mol. The number of hydrogen-bond donors (Lipinski definition) is 2. The zero-order valence-corrected chi connectivity index (χ0v) is 21.5. The highest BCUT2D eigenvalue weighted by atomic mass is 19.4. The molecule has 3 heterocycles. The number of carbonyl (C=O) groups is 1. The molecule has 0 aromatic carbocycles. The lowest BCUT2D eigenvalue weighted by Gasteiger charge is -2.37. The van der Waals surface area contributed by atoms with Crippen molar-refractivity contribution in [2.45, 2.75) is 31.7 Å². The Labute approximate surface area is 219 Å². The number of nitrogens with one attached hydrogen (secondary N) is 2. The highest BCUT2D eigenvalue weighted by Crippen LogP contribution is 2.35. The van der Waals surface area contributed by atoms with E-state index in [0.29, 0.717) is 37.7 Å². The third-order valence-electron chi connectivity index (χ3n) is 5.96. The van der Waals surface area contributed by atoms with Gasteiger partial charge in [-0.05, 0) is 13.0 Å². The van der Waals surface area contributed by atoms with Crippen molar-refractivity contribution in [1.82, 2.24) is 20.1 Å². The number of aromatic nitrogens is 3. The number of hydrogen-bond acceptors (Lipinski definition) is 8. The van der Waals surface area contributed by atoms with Gasteiger partial charge in [0.15, 0.2) is 5.82 Å². The van der Waals surface area contributed by atoms with E-state index >= 15 is 0 Å². The number of amides is 1. The summed E-state index contributed by atoms with van der Waals surface area (Å²) >= 11 is 0. The van der Waals surface area contributed by atoms with Gasteiger partial charge in [0.25, 0.3) is 5.56 Å². The number of halogens is 6. The van der Waals surface area contributed by atoms with Crippen molar-refractivity contribution in [3.05, 3.63) is 39.9 Å². The van der Waals surface area contributed by atoms with Crippen LogP contribution in [0.1, 0.15) is 24.5 Å². The Bertz CT molecular complexity index is 1190. The molecular weight excluding hydrogens is 536 g/mol. The molecule has 16 heteroatoms. The van der Waals surface area contributed by atoms with Gasteiger partial charge in [0.05, 0.1) is 42.8 Å². The summed E-state index contributed by atoms with van der Waals surface area (Å²) in [7, 11) is 3.25. The molecule has 2 aromatic rings. The number of ether oxygens (including phenoxy) is 1. The maximum Gasteiger partial charge on any atom is 0.423 e. The van der Waals surface area contributed by atoms with E-state index in [1.54, 1.807) is 35.9 Å². The van der Waals surface area contributed by atoms with Gasteiger partial charge in [0.2, 0.25) is 5.91 Å². The summed E-state index contributed by atoms with van der Waals surface area (Å²) in [5.74, 6) is 0.204. The number of nitrogens with zero attached hydrogens (tertiary/aromatic N) is 5.